The third kappa shape index (κ3) is 2.82. The highest BCUT2D eigenvalue weighted by atomic mass is 16.1. The normalized spacial score (nSPS) is 12.4. The first-order chi connectivity index (χ1) is 11.8. The number of fused-ring (bicyclic) bond motifs is 1. The van der Waals surface area contributed by atoms with Gasteiger partial charge in [0.1, 0.15) is 0 Å². The smallest absolute Gasteiger partial charge is 0.251 e. The van der Waals surface area contributed by atoms with Crippen LogP contribution in [0.5, 0.6) is 0 Å². The second kappa shape index (κ2) is 6.08. The van der Waals surface area contributed by atoms with Crippen LogP contribution in [0.2, 0.25) is 0 Å². The summed E-state index contributed by atoms with van der Waals surface area (Å²) >= 11 is 0. The van der Waals surface area contributed by atoms with Crippen molar-refractivity contribution in [2.45, 2.75) is 6.54 Å². The fraction of sp³-hybridized carbons (Fsp3) is 0.0500. The van der Waals surface area contributed by atoms with Gasteiger partial charge in [-0.05, 0) is 42.0 Å². The number of para-hydroxylation sites is 2. The molecule has 0 atom stereocenters. The second-order valence-corrected chi connectivity index (χ2v) is 5.72. The molecule has 3 N–H and O–H groups in total. The lowest BCUT2D eigenvalue weighted by molar-refractivity contribution is 0.0966. The van der Waals surface area contributed by atoms with E-state index in [4.69, 9.17) is 0 Å². The minimum atomic E-state index is -0.0210. The van der Waals surface area contributed by atoms with Gasteiger partial charge in [-0.1, -0.05) is 36.4 Å². The second-order valence-electron chi connectivity index (χ2n) is 5.72. The number of hydrogen-bond acceptors (Lipinski definition) is 3. The topological polar surface area (TPSA) is 53.2 Å². The summed E-state index contributed by atoms with van der Waals surface area (Å²) in [6.07, 6.45) is 0. The summed E-state index contributed by atoms with van der Waals surface area (Å²) in [5.41, 5.74) is 5.54. The number of anilines is 4. The molecule has 0 aromatic heterocycles. The van der Waals surface area contributed by atoms with E-state index in [0.717, 1.165) is 33.9 Å². The minimum Gasteiger partial charge on any atom is -0.354 e. The highest BCUT2D eigenvalue weighted by Crippen LogP contribution is 2.33. The maximum absolute atomic E-state index is 12.0. The molecule has 1 heterocycles. The first-order valence-electron chi connectivity index (χ1n) is 7.89. The van der Waals surface area contributed by atoms with Crippen molar-refractivity contribution in [3.63, 3.8) is 0 Å². The molecule has 0 radical (unpaired) electrons. The van der Waals surface area contributed by atoms with E-state index in [0.29, 0.717) is 6.54 Å². The maximum Gasteiger partial charge on any atom is 0.251 e. The fourth-order valence-electron chi connectivity index (χ4n) is 2.83. The van der Waals surface area contributed by atoms with Crippen LogP contribution in [0.3, 0.4) is 0 Å². The van der Waals surface area contributed by atoms with Gasteiger partial charge in [0.2, 0.25) is 0 Å². The van der Waals surface area contributed by atoms with Crippen LogP contribution in [0.15, 0.2) is 72.8 Å². The molecule has 4 nitrogen and oxygen atoms in total. The Kier molecular flexibility index (Phi) is 3.63. The number of carbonyl (C=O) groups is 1. The van der Waals surface area contributed by atoms with Gasteiger partial charge in [-0.15, -0.1) is 0 Å². The third-order valence-corrected chi connectivity index (χ3v) is 4.03. The van der Waals surface area contributed by atoms with Crippen molar-refractivity contribution >= 4 is 28.7 Å². The number of carbonyl (C=O) groups excluding carboxylic acids is 1. The van der Waals surface area contributed by atoms with E-state index >= 15 is 0 Å². The zero-order valence-electron chi connectivity index (χ0n) is 13.0. The number of hydrogen-bond donors (Lipinski definition) is 3. The van der Waals surface area contributed by atoms with Crippen LogP contribution in [0, 0.1) is 0 Å². The van der Waals surface area contributed by atoms with Crippen molar-refractivity contribution in [2.75, 3.05) is 10.6 Å². The first-order valence-corrected chi connectivity index (χ1v) is 7.89. The molecule has 0 bridgehead atoms. The summed E-state index contributed by atoms with van der Waals surface area (Å²) < 4.78 is 0. The van der Waals surface area contributed by atoms with Crippen LogP contribution in [0.4, 0.5) is 22.7 Å². The van der Waals surface area contributed by atoms with Gasteiger partial charge in [0.25, 0.3) is 5.91 Å². The van der Waals surface area contributed by atoms with E-state index in [1.165, 1.54) is 0 Å². The van der Waals surface area contributed by atoms with Crippen LogP contribution in [-0.2, 0) is 6.54 Å². The molecule has 1 amide bonds. The molecule has 4 heteroatoms. The molecule has 24 heavy (non-hydrogen) atoms. The average molecular weight is 315 g/mol. The number of rotatable bonds is 4. The van der Waals surface area contributed by atoms with E-state index in [1.54, 1.807) is 0 Å². The van der Waals surface area contributed by atoms with E-state index in [-0.39, 0.29) is 5.91 Å². The van der Waals surface area contributed by atoms with Gasteiger partial charge in [-0.2, -0.15) is 0 Å². The molecule has 4 rings (SSSR count). The minimum absolute atomic E-state index is 0.0210. The maximum atomic E-state index is 12.0. The molecule has 0 unspecified atom stereocenters. The number of amides is 1. The van der Waals surface area contributed by atoms with Crippen LogP contribution in [-0.4, -0.2) is 5.91 Å². The number of nitrogens with one attached hydrogen (secondary N) is 3. The molecular formula is C20H17N3O. The Morgan fingerprint density at radius 1 is 0.750 bits per heavy atom. The van der Waals surface area contributed by atoms with Crippen molar-refractivity contribution < 1.29 is 4.79 Å². The molecule has 0 saturated carbocycles. The molecule has 3 aromatic carbocycles. The van der Waals surface area contributed by atoms with Crippen LogP contribution in [0.25, 0.3) is 0 Å². The van der Waals surface area contributed by atoms with Crippen LogP contribution < -0.4 is 16.0 Å². The van der Waals surface area contributed by atoms with E-state index in [2.05, 4.69) is 16.0 Å². The van der Waals surface area contributed by atoms with E-state index < -0.39 is 0 Å². The predicted octanol–water partition coefficient (Wildman–Crippen LogP) is 4.42. The van der Waals surface area contributed by atoms with Crippen LogP contribution >= 0.6 is 0 Å². The SMILES string of the molecule is O=C1NCc2cc(Nc3ccccc3)c(Nc3ccccc3)cc21. The molecule has 0 fully saturated rings. The average Bonchev–Trinajstić information content (AvgIpc) is 2.97. The number of benzene rings is 3. The molecule has 0 saturated heterocycles. The van der Waals surface area contributed by atoms with Gasteiger partial charge < -0.3 is 16.0 Å². The Bertz CT molecular complexity index is 876. The van der Waals surface area contributed by atoms with Crippen molar-refractivity contribution in [2.24, 2.45) is 0 Å². The van der Waals surface area contributed by atoms with Gasteiger partial charge >= 0.3 is 0 Å². The Morgan fingerprint density at radius 3 is 1.88 bits per heavy atom. The first kappa shape index (κ1) is 14.3. The molecule has 118 valence electrons. The van der Waals surface area contributed by atoms with Gasteiger partial charge in [0.15, 0.2) is 0 Å². The third-order valence-electron chi connectivity index (χ3n) is 4.03. The van der Waals surface area contributed by atoms with Gasteiger partial charge in [-0.3, -0.25) is 4.79 Å². The van der Waals surface area contributed by atoms with Gasteiger partial charge in [0, 0.05) is 23.5 Å². The summed E-state index contributed by atoms with van der Waals surface area (Å²) in [5.74, 6) is -0.0210. The molecule has 0 aliphatic carbocycles. The summed E-state index contributed by atoms with van der Waals surface area (Å²) in [7, 11) is 0. The van der Waals surface area contributed by atoms with Crippen molar-refractivity contribution in [1.82, 2.24) is 5.32 Å². The van der Waals surface area contributed by atoms with Crippen molar-refractivity contribution in [1.29, 1.82) is 0 Å². The monoisotopic (exact) mass is 315 g/mol. The lowest BCUT2D eigenvalue weighted by Crippen LogP contribution is -2.12. The Labute approximate surface area is 140 Å². The lowest BCUT2D eigenvalue weighted by atomic mass is 10.1. The molecule has 3 aromatic rings. The van der Waals surface area contributed by atoms with Crippen molar-refractivity contribution in [3.8, 4) is 0 Å². The summed E-state index contributed by atoms with van der Waals surface area (Å²) in [6, 6.07) is 23.9. The van der Waals surface area contributed by atoms with Crippen molar-refractivity contribution in [3.05, 3.63) is 83.9 Å². The zero-order chi connectivity index (χ0) is 16.4. The highest BCUT2D eigenvalue weighted by Gasteiger charge is 2.21. The predicted molar refractivity (Wildman–Crippen MR) is 97.1 cm³/mol. The van der Waals surface area contributed by atoms with E-state index in [9.17, 15) is 4.79 Å². The summed E-state index contributed by atoms with van der Waals surface area (Å²) in [4.78, 5) is 12.0. The Morgan fingerprint density at radius 2 is 1.29 bits per heavy atom. The molecule has 0 spiro atoms. The molecule has 1 aliphatic heterocycles. The highest BCUT2D eigenvalue weighted by molar-refractivity contribution is 6.01. The fourth-order valence-corrected chi connectivity index (χ4v) is 2.83. The molecular weight excluding hydrogens is 298 g/mol. The Balaban J connectivity index is 1.74. The molecule has 1 aliphatic rings. The Hall–Kier alpha value is -3.27. The van der Waals surface area contributed by atoms with Gasteiger partial charge in [-0.25, -0.2) is 0 Å². The standard InChI is InChI=1S/C20H17N3O/c24-20-17-12-19(23-16-9-5-2-6-10-16)18(11-14(17)13-21-20)22-15-7-3-1-4-8-15/h1-12,22-23H,13H2,(H,21,24). The summed E-state index contributed by atoms with van der Waals surface area (Å²) in [5, 5.41) is 9.71. The van der Waals surface area contributed by atoms with E-state index in [1.807, 2.05) is 72.8 Å². The van der Waals surface area contributed by atoms with Crippen LogP contribution in [0.1, 0.15) is 15.9 Å². The zero-order valence-corrected chi connectivity index (χ0v) is 13.0. The van der Waals surface area contributed by atoms with Gasteiger partial charge in [0.05, 0.1) is 11.4 Å². The largest absolute Gasteiger partial charge is 0.354 e. The summed E-state index contributed by atoms with van der Waals surface area (Å²) in [6.45, 7) is 0.573. The quantitative estimate of drug-likeness (QED) is 0.668. The lowest BCUT2D eigenvalue weighted by Gasteiger charge is -2.16.